The number of sulfone groups is 1. The molecule has 1 amide bonds. The Morgan fingerprint density at radius 1 is 1.12 bits per heavy atom. The fourth-order valence-corrected chi connectivity index (χ4v) is 7.17. The van der Waals surface area contributed by atoms with E-state index in [1.54, 1.807) is 30.3 Å². The minimum absolute atomic E-state index is 0.0481. The van der Waals surface area contributed by atoms with Crippen molar-refractivity contribution in [3.63, 3.8) is 0 Å². The zero-order valence-electron chi connectivity index (χ0n) is 18.0. The summed E-state index contributed by atoms with van der Waals surface area (Å²) in [5.41, 5.74) is 0.644. The van der Waals surface area contributed by atoms with Gasteiger partial charge in [-0.1, -0.05) is 12.1 Å². The van der Waals surface area contributed by atoms with Crippen LogP contribution in [0.3, 0.4) is 0 Å². The molecule has 2 atom stereocenters. The third kappa shape index (κ3) is 6.11. The number of likely N-dealkylation sites (tertiary alicyclic amines) is 1. The fourth-order valence-electron chi connectivity index (χ4n) is 4.22. The van der Waals surface area contributed by atoms with Crippen LogP contribution < -0.4 is 10.0 Å². The van der Waals surface area contributed by atoms with Crippen molar-refractivity contribution in [3.05, 3.63) is 60.1 Å². The lowest BCUT2D eigenvalue weighted by atomic mass is 10.1. The van der Waals surface area contributed by atoms with Crippen LogP contribution in [-0.2, 0) is 31.2 Å². The van der Waals surface area contributed by atoms with Gasteiger partial charge in [-0.15, -0.1) is 0 Å². The van der Waals surface area contributed by atoms with Crippen LogP contribution in [0.2, 0.25) is 0 Å². The summed E-state index contributed by atoms with van der Waals surface area (Å²) in [6.45, 7) is 1.76. The first-order chi connectivity index (χ1) is 15.7. The number of sulfonamides is 1. The molecule has 178 valence electrons. The second-order valence-corrected chi connectivity index (χ2v) is 12.2. The summed E-state index contributed by atoms with van der Waals surface area (Å²) >= 11 is 0. The van der Waals surface area contributed by atoms with Crippen molar-refractivity contribution in [1.82, 2.24) is 14.9 Å². The third-order valence-electron chi connectivity index (χ3n) is 5.89. The molecule has 2 unspecified atom stereocenters. The third-order valence-corrected chi connectivity index (χ3v) is 9.03. The Morgan fingerprint density at radius 3 is 2.52 bits per heavy atom. The summed E-state index contributed by atoms with van der Waals surface area (Å²) in [5.74, 6) is 0.154. The molecule has 0 radical (unpaired) electrons. The number of hydrogen-bond acceptors (Lipinski definition) is 7. The SMILES string of the molecule is O=C(/C=C/c1ccc(S(=O)(=O)NCc2ccco2)cc1)NC1CS(=O)(=O)CC1N1CCCC1. The van der Waals surface area contributed by atoms with Crippen LogP contribution in [0.4, 0.5) is 0 Å². The van der Waals surface area contributed by atoms with E-state index in [0.717, 1.165) is 25.9 Å². The van der Waals surface area contributed by atoms with Crippen molar-refractivity contribution >= 4 is 31.8 Å². The molecule has 11 heteroatoms. The van der Waals surface area contributed by atoms with Gasteiger partial charge in [0.1, 0.15) is 5.76 Å². The van der Waals surface area contributed by atoms with E-state index in [1.165, 1.54) is 24.5 Å². The molecular weight excluding hydrogens is 466 g/mol. The minimum Gasteiger partial charge on any atom is -0.468 e. The van der Waals surface area contributed by atoms with Crippen LogP contribution in [0, 0.1) is 0 Å². The quantitative estimate of drug-likeness (QED) is 0.528. The highest BCUT2D eigenvalue weighted by molar-refractivity contribution is 7.91. The van der Waals surface area contributed by atoms with E-state index < -0.39 is 25.9 Å². The first kappa shape index (κ1) is 23.7. The van der Waals surface area contributed by atoms with Crippen molar-refractivity contribution in [2.24, 2.45) is 0 Å². The van der Waals surface area contributed by atoms with Crippen LogP contribution >= 0.6 is 0 Å². The first-order valence-electron chi connectivity index (χ1n) is 10.8. The van der Waals surface area contributed by atoms with Gasteiger partial charge in [0.2, 0.25) is 15.9 Å². The second kappa shape index (κ2) is 9.80. The highest BCUT2D eigenvalue weighted by atomic mass is 32.2. The zero-order chi connectivity index (χ0) is 23.5. The van der Waals surface area contributed by atoms with E-state index >= 15 is 0 Å². The zero-order valence-corrected chi connectivity index (χ0v) is 19.6. The highest BCUT2D eigenvalue weighted by Crippen LogP contribution is 2.22. The van der Waals surface area contributed by atoms with Gasteiger partial charge >= 0.3 is 0 Å². The second-order valence-electron chi connectivity index (χ2n) is 8.31. The van der Waals surface area contributed by atoms with Crippen LogP contribution in [0.5, 0.6) is 0 Å². The summed E-state index contributed by atoms with van der Waals surface area (Å²) in [6, 6.07) is 8.83. The monoisotopic (exact) mass is 493 g/mol. The predicted octanol–water partition coefficient (Wildman–Crippen LogP) is 1.15. The Balaban J connectivity index is 1.35. The lowest BCUT2D eigenvalue weighted by Gasteiger charge is -2.28. The van der Waals surface area contributed by atoms with Crippen molar-refractivity contribution in [1.29, 1.82) is 0 Å². The van der Waals surface area contributed by atoms with Gasteiger partial charge in [0.05, 0.1) is 35.3 Å². The molecule has 33 heavy (non-hydrogen) atoms. The lowest BCUT2D eigenvalue weighted by molar-refractivity contribution is -0.117. The molecule has 1 aromatic carbocycles. The molecule has 9 nitrogen and oxygen atoms in total. The number of carbonyl (C=O) groups is 1. The summed E-state index contributed by atoms with van der Waals surface area (Å²) in [5, 5.41) is 2.84. The van der Waals surface area contributed by atoms with Gasteiger partial charge < -0.3 is 9.73 Å². The molecule has 0 bridgehead atoms. The topological polar surface area (TPSA) is 126 Å². The molecule has 0 spiro atoms. The van der Waals surface area contributed by atoms with Crippen molar-refractivity contribution in [2.75, 3.05) is 24.6 Å². The molecule has 0 saturated carbocycles. The molecule has 2 saturated heterocycles. The van der Waals surface area contributed by atoms with Gasteiger partial charge in [-0.25, -0.2) is 21.6 Å². The highest BCUT2D eigenvalue weighted by Gasteiger charge is 2.42. The molecule has 2 aliphatic rings. The number of hydrogen-bond donors (Lipinski definition) is 2. The molecule has 1 aromatic heterocycles. The van der Waals surface area contributed by atoms with Gasteiger partial charge in [-0.2, -0.15) is 0 Å². The minimum atomic E-state index is -3.70. The molecule has 0 aliphatic carbocycles. The number of amides is 1. The standard InChI is InChI=1S/C22H27N3O6S2/c26-22(24-20-15-32(27,28)16-21(20)25-11-1-2-12-25)10-7-17-5-8-19(9-6-17)33(29,30)23-14-18-4-3-13-31-18/h3-10,13,20-21,23H,1-2,11-12,14-16H2,(H,24,26)/b10-7+. The smallest absolute Gasteiger partial charge is 0.244 e. The summed E-state index contributed by atoms with van der Waals surface area (Å²) in [6.07, 6.45) is 6.46. The number of nitrogens with one attached hydrogen (secondary N) is 2. The average Bonchev–Trinajstić information content (AvgIpc) is 3.53. The molecule has 4 rings (SSSR count). The fraction of sp³-hybridized carbons (Fsp3) is 0.409. The number of rotatable bonds is 8. The summed E-state index contributed by atoms with van der Waals surface area (Å²) in [7, 11) is -6.88. The Morgan fingerprint density at radius 2 is 1.85 bits per heavy atom. The van der Waals surface area contributed by atoms with Crippen LogP contribution in [0.1, 0.15) is 24.2 Å². The maximum atomic E-state index is 12.4. The maximum absolute atomic E-state index is 12.4. The Hall–Kier alpha value is -2.47. The number of carbonyl (C=O) groups excluding carboxylic acids is 1. The Labute approximate surface area is 193 Å². The predicted molar refractivity (Wildman–Crippen MR) is 123 cm³/mol. The van der Waals surface area contributed by atoms with E-state index in [0.29, 0.717) is 11.3 Å². The van der Waals surface area contributed by atoms with Crippen molar-refractivity contribution < 1.29 is 26.0 Å². The van der Waals surface area contributed by atoms with Gasteiger partial charge in [-0.05, 0) is 61.8 Å². The van der Waals surface area contributed by atoms with E-state index in [2.05, 4.69) is 14.9 Å². The van der Waals surface area contributed by atoms with Gasteiger partial charge in [-0.3, -0.25) is 9.69 Å². The first-order valence-corrected chi connectivity index (χ1v) is 14.1. The van der Waals surface area contributed by atoms with Gasteiger partial charge in [0.25, 0.3) is 0 Å². The van der Waals surface area contributed by atoms with Crippen LogP contribution in [0.25, 0.3) is 6.08 Å². The Kier molecular flexibility index (Phi) is 7.03. The normalized spacial score (nSPS) is 23.3. The van der Waals surface area contributed by atoms with E-state index in [9.17, 15) is 21.6 Å². The van der Waals surface area contributed by atoms with Crippen molar-refractivity contribution in [3.8, 4) is 0 Å². The van der Waals surface area contributed by atoms with E-state index in [1.807, 2.05) is 0 Å². The number of benzene rings is 1. The summed E-state index contributed by atoms with van der Waals surface area (Å²) in [4.78, 5) is 14.7. The number of furan rings is 1. The molecule has 2 N–H and O–H groups in total. The van der Waals surface area contributed by atoms with Crippen LogP contribution in [-0.4, -0.2) is 64.3 Å². The summed E-state index contributed by atoms with van der Waals surface area (Å²) < 4.78 is 56.7. The van der Waals surface area contributed by atoms with Gasteiger partial charge in [0.15, 0.2) is 9.84 Å². The van der Waals surface area contributed by atoms with Gasteiger partial charge in [0, 0.05) is 12.1 Å². The maximum Gasteiger partial charge on any atom is 0.244 e. The van der Waals surface area contributed by atoms with E-state index in [4.69, 9.17) is 4.42 Å². The van der Waals surface area contributed by atoms with Crippen LogP contribution in [0.15, 0.2) is 58.1 Å². The molecule has 3 heterocycles. The van der Waals surface area contributed by atoms with E-state index in [-0.39, 0.29) is 34.9 Å². The lowest BCUT2D eigenvalue weighted by Crippen LogP contribution is -2.49. The Bertz CT molecular complexity index is 1200. The molecular formula is C22H27N3O6S2. The number of nitrogens with zero attached hydrogens (tertiary/aromatic N) is 1. The largest absolute Gasteiger partial charge is 0.468 e. The van der Waals surface area contributed by atoms with Crippen molar-refractivity contribution in [2.45, 2.75) is 36.4 Å². The average molecular weight is 494 g/mol. The molecule has 2 fully saturated rings. The molecule has 2 aliphatic heterocycles. The molecule has 2 aromatic rings.